The van der Waals surface area contributed by atoms with E-state index in [2.05, 4.69) is 14.9 Å². The first-order valence-electron chi connectivity index (χ1n) is 13.1. The van der Waals surface area contributed by atoms with E-state index in [1.54, 1.807) is 32.9 Å². The van der Waals surface area contributed by atoms with Crippen LogP contribution in [-0.4, -0.2) is 63.2 Å². The van der Waals surface area contributed by atoms with E-state index in [9.17, 15) is 19.3 Å². The van der Waals surface area contributed by atoms with Gasteiger partial charge in [-0.25, -0.2) is 14.2 Å². The summed E-state index contributed by atoms with van der Waals surface area (Å²) in [5.74, 6) is -1.01. The van der Waals surface area contributed by atoms with Crippen molar-refractivity contribution in [1.29, 1.82) is 0 Å². The second-order valence-electron chi connectivity index (χ2n) is 10.5. The van der Waals surface area contributed by atoms with Gasteiger partial charge in [-0.2, -0.15) is 9.97 Å². The molecule has 2 aromatic rings. The van der Waals surface area contributed by atoms with Gasteiger partial charge < -0.3 is 15.2 Å². The Morgan fingerprint density at radius 3 is 2.56 bits per heavy atom. The maximum Gasteiger partial charge on any atom is 0.429 e. The third kappa shape index (κ3) is 8.12. The van der Waals surface area contributed by atoms with Crippen LogP contribution in [0.4, 0.5) is 26.5 Å². The lowest BCUT2D eigenvalue weighted by Gasteiger charge is -2.34. The molecule has 1 amide bonds. The molecule has 1 aliphatic heterocycles. The number of halogens is 1. The van der Waals surface area contributed by atoms with Crippen LogP contribution in [-0.2, 0) is 17.8 Å². The molecule has 3 rings (SSSR count). The summed E-state index contributed by atoms with van der Waals surface area (Å²) in [6, 6.07) is 4.46. The van der Waals surface area contributed by atoms with Gasteiger partial charge in [0.15, 0.2) is 0 Å². The molecule has 0 spiro atoms. The average molecular weight is 548 g/mol. The Kier molecular flexibility index (Phi) is 9.84. The number of nitrogens with zero attached hydrogens (tertiary/aromatic N) is 6. The first-order chi connectivity index (χ1) is 18.4. The largest absolute Gasteiger partial charge is 0.463 e. The Labute approximate surface area is 228 Å². The van der Waals surface area contributed by atoms with Gasteiger partial charge in [0.1, 0.15) is 11.4 Å². The van der Waals surface area contributed by atoms with Crippen molar-refractivity contribution in [3.8, 4) is 6.01 Å². The molecule has 39 heavy (non-hydrogen) atoms. The predicted molar refractivity (Wildman–Crippen MR) is 145 cm³/mol. The summed E-state index contributed by atoms with van der Waals surface area (Å²) in [6.45, 7) is 9.54. The van der Waals surface area contributed by atoms with Crippen molar-refractivity contribution in [3.05, 3.63) is 45.3 Å². The quantitative estimate of drug-likeness (QED) is 0.240. The first kappa shape index (κ1) is 29.8. The molecule has 2 N–H and O–H groups in total. The number of nitrogen functional groups attached to an aromatic ring is 1. The number of benzene rings is 1. The van der Waals surface area contributed by atoms with E-state index in [0.717, 1.165) is 37.4 Å². The molecule has 12 nitrogen and oxygen atoms in total. The normalized spacial score (nSPS) is 13.8. The van der Waals surface area contributed by atoms with Gasteiger partial charge in [-0.15, -0.1) is 0 Å². The molecule has 214 valence electrons. The van der Waals surface area contributed by atoms with Gasteiger partial charge in [-0.3, -0.25) is 20.0 Å². The number of hydrogen-bond acceptors (Lipinski definition) is 10. The van der Waals surface area contributed by atoms with E-state index < -0.39 is 28.1 Å². The molecule has 0 bridgehead atoms. The minimum Gasteiger partial charge on any atom is -0.463 e. The Morgan fingerprint density at radius 1 is 1.26 bits per heavy atom. The molecule has 1 saturated heterocycles. The summed E-state index contributed by atoms with van der Waals surface area (Å²) >= 11 is 0. The molecule has 2 heterocycles. The highest BCUT2D eigenvalue weighted by molar-refractivity contribution is 5.75. The van der Waals surface area contributed by atoms with Crippen LogP contribution in [0.2, 0.25) is 0 Å². The number of hydrazine groups is 1. The summed E-state index contributed by atoms with van der Waals surface area (Å²) in [4.78, 5) is 34.9. The van der Waals surface area contributed by atoms with Crippen LogP contribution in [0.3, 0.4) is 0 Å². The van der Waals surface area contributed by atoms with Crippen LogP contribution in [0.15, 0.2) is 18.2 Å². The van der Waals surface area contributed by atoms with Gasteiger partial charge in [0.05, 0.1) is 18.1 Å². The lowest BCUT2D eigenvalue weighted by Crippen LogP contribution is -2.46. The number of nitrogens with two attached hydrogens (primary N) is 1. The van der Waals surface area contributed by atoms with Crippen LogP contribution < -0.4 is 15.5 Å². The van der Waals surface area contributed by atoms with Crippen molar-refractivity contribution in [2.24, 2.45) is 0 Å². The minimum atomic E-state index is -0.832. The summed E-state index contributed by atoms with van der Waals surface area (Å²) in [7, 11) is 1.41. The summed E-state index contributed by atoms with van der Waals surface area (Å²) < 4.78 is 25.8. The number of nitro groups is 1. The number of amides is 1. The topological polar surface area (TPSA) is 140 Å². The third-order valence-corrected chi connectivity index (χ3v) is 6.08. The van der Waals surface area contributed by atoms with Crippen molar-refractivity contribution in [1.82, 2.24) is 19.9 Å². The third-order valence-electron chi connectivity index (χ3n) is 6.08. The van der Waals surface area contributed by atoms with Crippen molar-refractivity contribution in [3.63, 3.8) is 0 Å². The summed E-state index contributed by atoms with van der Waals surface area (Å²) in [5, 5.41) is 14.4. The maximum atomic E-state index is 14.7. The molecule has 1 aliphatic rings. The van der Waals surface area contributed by atoms with Crippen molar-refractivity contribution in [2.75, 3.05) is 37.5 Å². The SMILES string of the molecule is CCCCOc1nc(N)c([N+](=O)[O-])c(N(Cc2ccc(F)c(CN3CCCC3)c2)N(C)C(=O)OC(C)(C)C)n1. The van der Waals surface area contributed by atoms with Crippen LogP contribution in [0, 0.1) is 15.9 Å². The second-order valence-corrected chi connectivity index (χ2v) is 10.5. The number of carbonyl (C=O) groups is 1. The first-order valence-corrected chi connectivity index (χ1v) is 13.1. The number of rotatable bonds is 11. The fourth-order valence-corrected chi connectivity index (χ4v) is 4.12. The highest BCUT2D eigenvalue weighted by atomic mass is 19.1. The summed E-state index contributed by atoms with van der Waals surface area (Å²) in [5.41, 5.74) is 5.65. The van der Waals surface area contributed by atoms with Crippen LogP contribution in [0.25, 0.3) is 0 Å². The van der Waals surface area contributed by atoms with Gasteiger partial charge in [-0.1, -0.05) is 19.4 Å². The molecule has 1 aromatic carbocycles. The Balaban J connectivity index is 2.06. The standard InChI is InChI=1S/C26H38FN7O5/c1-6-7-14-38-24-29-22(28)21(34(36)37)23(30-24)33(31(5)25(35)39-26(2,3)4)16-18-10-11-20(27)19(15-18)17-32-12-8-9-13-32/h10-11,15H,6-9,12-14,16-17H2,1-5H3,(H2,28,29,30). The van der Waals surface area contributed by atoms with E-state index in [4.69, 9.17) is 15.2 Å². The van der Waals surface area contributed by atoms with E-state index in [1.807, 2.05) is 6.92 Å². The highest BCUT2D eigenvalue weighted by Gasteiger charge is 2.33. The molecule has 0 aliphatic carbocycles. The number of ether oxygens (including phenoxy) is 2. The highest BCUT2D eigenvalue weighted by Crippen LogP contribution is 2.35. The zero-order valence-corrected chi connectivity index (χ0v) is 23.3. The maximum absolute atomic E-state index is 14.7. The second kappa shape index (κ2) is 12.9. The molecular weight excluding hydrogens is 509 g/mol. The number of anilines is 2. The fourth-order valence-electron chi connectivity index (χ4n) is 4.12. The lowest BCUT2D eigenvalue weighted by atomic mass is 10.1. The zero-order valence-electron chi connectivity index (χ0n) is 23.3. The zero-order chi connectivity index (χ0) is 28.7. The monoisotopic (exact) mass is 547 g/mol. The molecule has 1 fully saturated rings. The van der Waals surface area contributed by atoms with Gasteiger partial charge in [0, 0.05) is 19.2 Å². The average Bonchev–Trinajstić information content (AvgIpc) is 3.35. The van der Waals surface area contributed by atoms with Gasteiger partial charge >= 0.3 is 17.8 Å². The molecule has 1 aromatic heterocycles. The smallest absolute Gasteiger partial charge is 0.429 e. The van der Waals surface area contributed by atoms with Gasteiger partial charge in [0.25, 0.3) is 0 Å². The van der Waals surface area contributed by atoms with E-state index in [1.165, 1.54) is 18.1 Å². The van der Waals surface area contributed by atoms with Crippen LogP contribution >= 0.6 is 0 Å². The molecule has 13 heteroatoms. The molecule has 0 unspecified atom stereocenters. The molecule has 0 saturated carbocycles. The molecule has 0 atom stereocenters. The molecular formula is C26H38FN7O5. The van der Waals surface area contributed by atoms with Crippen LogP contribution in [0.5, 0.6) is 6.01 Å². The van der Waals surface area contributed by atoms with E-state index >= 15 is 0 Å². The van der Waals surface area contributed by atoms with Crippen molar-refractivity contribution in [2.45, 2.75) is 72.1 Å². The van der Waals surface area contributed by atoms with Crippen LogP contribution in [0.1, 0.15) is 64.5 Å². The Hall–Kier alpha value is -3.74. The van der Waals surface area contributed by atoms with E-state index in [-0.39, 0.29) is 30.8 Å². The Bertz CT molecular complexity index is 1170. The number of carbonyl (C=O) groups excluding carboxylic acids is 1. The predicted octanol–water partition coefficient (Wildman–Crippen LogP) is 4.67. The van der Waals surface area contributed by atoms with E-state index in [0.29, 0.717) is 24.1 Å². The lowest BCUT2D eigenvalue weighted by molar-refractivity contribution is -0.383. The minimum absolute atomic E-state index is 0.0747. The van der Waals surface area contributed by atoms with Gasteiger partial charge in [0.2, 0.25) is 11.6 Å². The number of hydrogen-bond donors (Lipinski definition) is 1. The number of likely N-dealkylation sites (tertiary alicyclic amines) is 1. The van der Waals surface area contributed by atoms with Crippen molar-refractivity contribution >= 4 is 23.4 Å². The molecule has 0 radical (unpaired) electrons. The van der Waals surface area contributed by atoms with Crippen molar-refractivity contribution < 1.29 is 23.6 Å². The number of aromatic nitrogens is 2. The van der Waals surface area contributed by atoms with Gasteiger partial charge in [-0.05, 0) is 70.8 Å². The Morgan fingerprint density at radius 2 is 1.95 bits per heavy atom. The summed E-state index contributed by atoms with van der Waals surface area (Å²) in [6.07, 6.45) is 2.93. The fraction of sp³-hybridized carbons (Fsp3) is 0.577. The number of unbranched alkanes of at least 4 members (excludes halogenated alkanes) is 1.